The predicted octanol–water partition coefficient (Wildman–Crippen LogP) is 28.9. The minimum atomic E-state index is -0.124. The lowest BCUT2D eigenvalue weighted by Crippen LogP contribution is -2.31. The Morgan fingerprint density at radius 3 is 1.00 bits per heavy atom. The van der Waals surface area contributed by atoms with Gasteiger partial charge in [-0.3, -0.25) is 19.9 Å². The molecule has 0 N–H and O–H groups in total. The van der Waals surface area contributed by atoms with E-state index in [1.165, 1.54) is 219 Å². The fraction of sp³-hybridized carbons (Fsp3) is 0.355. The first kappa shape index (κ1) is 94.9. The molecule has 4 aliphatic carbocycles. The Balaban J connectivity index is 0.000000126. The lowest BCUT2D eigenvalue weighted by atomic mass is 9.79. The number of hydrogen-bond acceptors (Lipinski definition) is 4. The van der Waals surface area contributed by atoms with Gasteiger partial charge in [0.2, 0.25) is 0 Å². The zero-order valence-corrected chi connectivity index (χ0v) is 87.1. The fourth-order valence-corrected chi connectivity index (χ4v) is 23.0. The van der Waals surface area contributed by atoms with Gasteiger partial charge in [-0.25, -0.2) is 18.3 Å². The number of aryl methyl sites for hydroxylation is 8. The van der Waals surface area contributed by atoms with Crippen LogP contribution in [0.3, 0.4) is 0 Å². The summed E-state index contributed by atoms with van der Waals surface area (Å²) in [5.74, 6) is 8.37. The van der Waals surface area contributed by atoms with Crippen molar-refractivity contribution >= 4 is 0 Å². The van der Waals surface area contributed by atoms with Gasteiger partial charge in [-0.05, 0) is 201 Å². The summed E-state index contributed by atoms with van der Waals surface area (Å²) in [7, 11) is 8.65. The number of imidazole rings is 4. The molecule has 0 bridgehead atoms. The van der Waals surface area contributed by atoms with E-state index in [9.17, 15) is 0 Å². The van der Waals surface area contributed by atoms with Crippen molar-refractivity contribution < 1.29 is 18.3 Å². The molecule has 0 amide bonds. The number of rotatable bonds is 16. The molecule has 12 heteroatoms. The number of benzene rings is 8. The van der Waals surface area contributed by atoms with Gasteiger partial charge in [0.1, 0.15) is 72.3 Å². The molecule has 0 spiro atoms. The van der Waals surface area contributed by atoms with Crippen LogP contribution < -0.4 is 18.3 Å². The van der Waals surface area contributed by atoms with Crippen LogP contribution >= 0.6 is 0 Å². The molecular formula is C124H144N12+4. The SMILES string of the molecule is Cc1cc2c(cc1-c1n(-c3c(C(C)C)cccc3C(C)C)cc[n+]1C)-c1cccnc1C2(C)C.Cc1cc2c(cc1-c1n(-c3c(C(C)C)cccc3C(C)C)cc[n+]1C)-c1ccncc1C2(C)C.Cc1cc2c(cc1-c1n(-c3c(C(C)C)cccc3C(C)C)cc[n+]1C)-c1cnccc1C2(C)C.Cc1ccc2c(c1-c1n(-c3c(C(C)C)cccc3C(C)C)cc[n+]1C)C(C)(C)c1cccnc1-2. The van der Waals surface area contributed by atoms with Gasteiger partial charge in [0.05, 0.1) is 61.8 Å². The van der Waals surface area contributed by atoms with E-state index < -0.39 is 0 Å². The Kier molecular flexibility index (Phi) is 25.2. The molecule has 0 saturated heterocycles. The molecule has 20 rings (SSSR count). The van der Waals surface area contributed by atoms with Crippen molar-refractivity contribution in [1.82, 2.24) is 38.2 Å². The third-order valence-corrected chi connectivity index (χ3v) is 30.4. The molecule has 12 nitrogen and oxygen atoms in total. The van der Waals surface area contributed by atoms with Gasteiger partial charge in [-0.15, -0.1) is 0 Å². The maximum Gasteiger partial charge on any atom is 0.294 e. The van der Waals surface area contributed by atoms with Gasteiger partial charge < -0.3 is 0 Å². The minimum Gasteiger partial charge on any atom is -0.264 e. The zero-order chi connectivity index (χ0) is 97.4. The molecule has 0 aliphatic heterocycles. The molecule has 696 valence electrons. The molecule has 8 aromatic carbocycles. The van der Waals surface area contributed by atoms with Gasteiger partial charge in [0.25, 0.3) is 23.3 Å². The summed E-state index contributed by atoms with van der Waals surface area (Å²) < 4.78 is 18.8. The summed E-state index contributed by atoms with van der Waals surface area (Å²) >= 11 is 0. The van der Waals surface area contributed by atoms with Crippen molar-refractivity contribution in [1.29, 1.82) is 0 Å². The molecule has 0 fully saturated rings. The molecule has 16 aromatic rings. The van der Waals surface area contributed by atoms with Crippen molar-refractivity contribution in [3.05, 3.63) is 356 Å². The standard InChI is InChI=1S/4C31H36N3/c1-19(2)22-11-9-12-23(20(3)4)29(22)34-18-17-33(8)30(34)26-21(5)14-15-24-27(26)31(6,7)25-13-10-16-32-28(24)25;1-19(2)22-11-9-12-23(20(3)4)28(22)34-16-15-33(8)30(34)25-18-26-24-13-10-14-32-29(24)31(6,7)27(26)17-21(25)5;1-19(2)22-10-9-11-23(20(3)4)29(22)34-15-14-33(8)30(34)24-17-25-26-18-32-13-12-27(26)31(6,7)28(25)16-21(24)5;1-19(2)22-10-9-11-23(20(3)4)29(22)34-15-14-33(8)30(34)25-17-26-24-12-13-32-18-28(24)31(6,7)27(26)16-21(25)5/h4*9-20H,1-8H3/q4*+1. The van der Waals surface area contributed by atoms with Gasteiger partial charge in [-0.2, -0.15) is 18.3 Å². The largest absolute Gasteiger partial charge is 0.294 e. The van der Waals surface area contributed by atoms with Crippen molar-refractivity contribution in [2.75, 3.05) is 0 Å². The lowest BCUT2D eigenvalue weighted by Gasteiger charge is -2.25. The van der Waals surface area contributed by atoms with Crippen molar-refractivity contribution in [3.8, 4) is 113 Å². The smallest absolute Gasteiger partial charge is 0.264 e. The lowest BCUT2D eigenvalue weighted by molar-refractivity contribution is -0.659. The summed E-state index contributed by atoms with van der Waals surface area (Å²) in [5.41, 5.74) is 47.3. The van der Waals surface area contributed by atoms with Gasteiger partial charge >= 0.3 is 0 Å². The van der Waals surface area contributed by atoms with Gasteiger partial charge in [0, 0.05) is 120 Å². The maximum atomic E-state index is 4.81. The number of hydrogen-bond donors (Lipinski definition) is 0. The Morgan fingerprint density at radius 2 is 0.596 bits per heavy atom. The number of pyridine rings is 4. The van der Waals surface area contributed by atoms with Crippen LogP contribution in [-0.4, -0.2) is 38.2 Å². The summed E-state index contributed by atoms with van der Waals surface area (Å²) in [6, 6.07) is 59.1. The van der Waals surface area contributed by atoms with E-state index in [0.717, 1.165) is 5.69 Å². The highest BCUT2D eigenvalue weighted by Gasteiger charge is 2.46. The van der Waals surface area contributed by atoms with Crippen LogP contribution in [0.4, 0.5) is 0 Å². The third-order valence-electron chi connectivity index (χ3n) is 30.4. The quantitative estimate of drug-likeness (QED) is 0.0902. The Morgan fingerprint density at radius 1 is 0.257 bits per heavy atom. The second kappa shape index (κ2) is 36.0. The molecule has 136 heavy (non-hydrogen) atoms. The van der Waals surface area contributed by atoms with Gasteiger partial charge in [-0.1, -0.05) is 281 Å². The Bertz CT molecular complexity index is 6710. The van der Waals surface area contributed by atoms with Crippen LogP contribution in [0.1, 0.15) is 325 Å². The average molecular weight is 1800 g/mol. The summed E-state index contributed by atoms with van der Waals surface area (Å²) in [6.45, 7) is 64.2. The fourth-order valence-electron chi connectivity index (χ4n) is 23.0. The van der Waals surface area contributed by atoms with Crippen LogP contribution in [0.25, 0.3) is 113 Å². The molecule has 0 radical (unpaired) electrons. The number of aromatic nitrogens is 12. The van der Waals surface area contributed by atoms with Crippen LogP contribution in [-0.2, 0) is 49.9 Å². The van der Waals surface area contributed by atoms with Gasteiger partial charge in [0.15, 0.2) is 0 Å². The first-order valence-corrected chi connectivity index (χ1v) is 49.7. The third kappa shape index (κ3) is 15.9. The molecule has 8 aromatic heterocycles. The van der Waals surface area contributed by atoms with Crippen molar-refractivity contribution in [2.24, 2.45) is 28.2 Å². The highest BCUT2D eigenvalue weighted by molar-refractivity contribution is 5.89. The molecule has 0 unspecified atom stereocenters. The van der Waals surface area contributed by atoms with Crippen LogP contribution in [0, 0.1) is 27.7 Å². The first-order valence-electron chi connectivity index (χ1n) is 49.7. The normalized spacial score (nSPS) is 14.1. The van der Waals surface area contributed by atoms with E-state index in [1.807, 2.05) is 37.2 Å². The van der Waals surface area contributed by atoms with E-state index in [2.05, 4.69) is 476 Å². The van der Waals surface area contributed by atoms with Crippen molar-refractivity contribution in [2.45, 2.75) is 263 Å². The first-order chi connectivity index (χ1) is 64.5. The number of para-hydroxylation sites is 4. The van der Waals surface area contributed by atoms with Crippen LogP contribution in [0.2, 0.25) is 0 Å². The Labute approximate surface area is 811 Å². The predicted molar refractivity (Wildman–Crippen MR) is 563 cm³/mol. The zero-order valence-electron chi connectivity index (χ0n) is 87.1. The number of nitrogens with zero attached hydrogens (tertiary/aromatic N) is 12. The van der Waals surface area contributed by atoms with E-state index in [-0.39, 0.29) is 21.7 Å². The molecule has 4 aliphatic rings. The van der Waals surface area contributed by atoms with E-state index in [1.54, 1.807) is 0 Å². The second-order valence-electron chi connectivity index (χ2n) is 43.7. The maximum absolute atomic E-state index is 4.81. The second-order valence-corrected chi connectivity index (χ2v) is 43.7. The van der Waals surface area contributed by atoms with Crippen LogP contribution in [0.5, 0.6) is 0 Å². The highest BCUT2D eigenvalue weighted by atomic mass is 15.2. The minimum absolute atomic E-state index is 0.0177. The monoisotopic (exact) mass is 1800 g/mol. The molecule has 8 heterocycles. The average Bonchev–Trinajstić information content (AvgIpc) is 1.56. The molecule has 0 atom stereocenters. The summed E-state index contributed by atoms with van der Waals surface area (Å²) in [4.78, 5) is 18.5. The summed E-state index contributed by atoms with van der Waals surface area (Å²) in [5, 5.41) is 0. The molecular weight excluding hydrogens is 1660 g/mol. The van der Waals surface area contributed by atoms with Crippen molar-refractivity contribution in [3.63, 3.8) is 0 Å². The van der Waals surface area contributed by atoms with Crippen LogP contribution in [0.15, 0.2) is 244 Å². The topological polar surface area (TPSA) is 86.8 Å². The van der Waals surface area contributed by atoms with E-state index in [0.29, 0.717) is 47.3 Å². The highest BCUT2D eigenvalue weighted by Crippen LogP contribution is 2.56. The Hall–Kier alpha value is -12.8. The van der Waals surface area contributed by atoms with E-state index in [4.69, 9.17) is 9.97 Å². The number of fused-ring (bicyclic) bond motifs is 12. The molecule has 0 saturated carbocycles. The van der Waals surface area contributed by atoms with E-state index >= 15 is 0 Å². The summed E-state index contributed by atoms with van der Waals surface area (Å²) in [6.07, 6.45) is 29.4.